The highest BCUT2D eigenvalue weighted by molar-refractivity contribution is 7.80. The third kappa shape index (κ3) is 5.12. The number of alkyl halides is 3. The van der Waals surface area contributed by atoms with Crippen LogP contribution in [-0.4, -0.2) is 65.1 Å². The summed E-state index contributed by atoms with van der Waals surface area (Å²) in [5.41, 5.74) is -0.215. The number of nitrogens with zero attached hydrogens (tertiary/aromatic N) is 3. The van der Waals surface area contributed by atoms with Crippen LogP contribution in [0.15, 0.2) is 24.3 Å². The zero-order valence-corrected chi connectivity index (χ0v) is 17.7. The largest absolute Gasteiger partial charge is 0.416 e. The van der Waals surface area contributed by atoms with Crippen molar-refractivity contribution in [1.29, 1.82) is 0 Å². The van der Waals surface area contributed by atoms with E-state index in [4.69, 9.17) is 12.2 Å². The molecule has 2 aliphatic heterocycles. The third-order valence-corrected chi connectivity index (χ3v) is 5.86. The first-order valence-electron chi connectivity index (χ1n) is 9.75. The number of benzene rings is 1. The molecule has 0 aliphatic carbocycles. The van der Waals surface area contributed by atoms with E-state index in [1.165, 1.54) is 12.1 Å². The Morgan fingerprint density at radius 3 is 2.48 bits per heavy atom. The van der Waals surface area contributed by atoms with Crippen LogP contribution in [0.25, 0.3) is 0 Å². The van der Waals surface area contributed by atoms with Gasteiger partial charge < -0.3 is 20.0 Å². The molecule has 2 heterocycles. The number of rotatable bonds is 3. The van der Waals surface area contributed by atoms with Gasteiger partial charge in [-0.05, 0) is 57.6 Å². The van der Waals surface area contributed by atoms with Crippen molar-refractivity contribution in [3.63, 3.8) is 0 Å². The van der Waals surface area contributed by atoms with Crippen LogP contribution >= 0.6 is 12.2 Å². The Morgan fingerprint density at radius 2 is 1.90 bits per heavy atom. The van der Waals surface area contributed by atoms with E-state index in [2.05, 4.69) is 26.1 Å². The van der Waals surface area contributed by atoms with Crippen molar-refractivity contribution in [3.8, 4) is 0 Å². The minimum atomic E-state index is -4.36. The van der Waals surface area contributed by atoms with E-state index in [1.54, 1.807) is 11.0 Å². The quantitative estimate of drug-likeness (QED) is 0.749. The summed E-state index contributed by atoms with van der Waals surface area (Å²) in [7, 11) is 0. The van der Waals surface area contributed by atoms with E-state index in [9.17, 15) is 18.0 Å². The summed E-state index contributed by atoms with van der Waals surface area (Å²) in [6, 6.07) is 5.49. The number of amides is 1. The molecule has 3 rings (SSSR count). The lowest BCUT2D eigenvalue weighted by molar-refractivity contribution is -0.137. The molecule has 9 heteroatoms. The first-order chi connectivity index (χ1) is 13.5. The second kappa shape index (κ2) is 8.01. The zero-order chi connectivity index (χ0) is 21.4. The first kappa shape index (κ1) is 21.7. The predicted octanol–water partition coefficient (Wildman–Crippen LogP) is 3.10. The van der Waals surface area contributed by atoms with E-state index >= 15 is 0 Å². The van der Waals surface area contributed by atoms with Gasteiger partial charge in [-0.2, -0.15) is 13.2 Å². The molecule has 2 saturated heterocycles. The molecule has 1 aromatic carbocycles. The van der Waals surface area contributed by atoms with Gasteiger partial charge in [-0.15, -0.1) is 0 Å². The fraction of sp³-hybridized carbons (Fsp3) is 0.600. The standard InChI is InChI=1S/C20H27F3N4OS/c1-14-12-19(2,3)24-18(29)27(14)13-17(28)26-9-7-25(8-10-26)16-6-4-5-15(11-16)20(21,22)23/h4-6,11,14H,7-10,12-13H2,1-3H3,(H,24,29). The summed E-state index contributed by atoms with van der Waals surface area (Å²) < 4.78 is 38.8. The minimum absolute atomic E-state index is 0.00982. The van der Waals surface area contributed by atoms with Crippen molar-refractivity contribution < 1.29 is 18.0 Å². The van der Waals surface area contributed by atoms with Crippen molar-refractivity contribution >= 4 is 28.9 Å². The number of carbonyl (C=O) groups is 1. The van der Waals surface area contributed by atoms with Gasteiger partial charge in [0.2, 0.25) is 5.91 Å². The number of halogens is 3. The SMILES string of the molecule is CC1CC(C)(C)NC(=S)N1CC(=O)N1CCN(c2cccc(C(F)(F)F)c2)CC1. The molecule has 0 bridgehead atoms. The van der Waals surface area contributed by atoms with Crippen molar-refractivity contribution in [2.75, 3.05) is 37.6 Å². The fourth-order valence-corrected chi connectivity index (χ4v) is 4.55. The molecule has 2 aliphatic rings. The maximum Gasteiger partial charge on any atom is 0.416 e. The highest BCUT2D eigenvalue weighted by atomic mass is 32.1. The summed E-state index contributed by atoms with van der Waals surface area (Å²) in [5.74, 6) is -0.00982. The fourth-order valence-electron chi connectivity index (χ4n) is 4.03. The predicted molar refractivity (Wildman–Crippen MR) is 111 cm³/mol. The lowest BCUT2D eigenvalue weighted by Crippen LogP contribution is -2.62. The molecule has 0 saturated carbocycles. The maximum atomic E-state index is 12.9. The van der Waals surface area contributed by atoms with Gasteiger partial charge in [0.1, 0.15) is 0 Å². The van der Waals surface area contributed by atoms with Gasteiger partial charge >= 0.3 is 6.18 Å². The van der Waals surface area contributed by atoms with E-state index in [1.807, 2.05) is 9.80 Å². The highest BCUT2D eigenvalue weighted by Gasteiger charge is 2.35. The molecule has 1 amide bonds. The molecule has 0 radical (unpaired) electrons. The Kier molecular flexibility index (Phi) is 5.98. The number of piperazine rings is 1. The maximum absolute atomic E-state index is 12.9. The first-order valence-corrected chi connectivity index (χ1v) is 10.2. The Bertz CT molecular complexity index is 775. The van der Waals surface area contributed by atoms with Crippen LogP contribution in [0.3, 0.4) is 0 Å². The molecule has 29 heavy (non-hydrogen) atoms. The third-order valence-electron chi connectivity index (χ3n) is 5.52. The van der Waals surface area contributed by atoms with E-state index < -0.39 is 11.7 Å². The molecule has 2 fully saturated rings. The van der Waals surface area contributed by atoms with Crippen molar-refractivity contribution in [2.24, 2.45) is 0 Å². The summed E-state index contributed by atoms with van der Waals surface area (Å²) in [6.45, 7) is 8.40. The lowest BCUT2D eigenvalue weighted by atomic mass is 9.93. The van der Waals surface area contributed by atoms with Gasteiger partial charge in [0.05, 0.1) is 12.1 Å². The van der Waals surface area contributed by atoms with Crippen LogP contribution in [0.1, 0.15) is 32.8 Å². The van der Waals surface area contributed by atoms with Crippen LogP contribution in [0.5, 0.6) is 0 Å². The van der Waals surface area contributed by atoms with Crippen molar-refractivity contribution in [1.82, 2.24) is 15.1 Å². The Labute approximate surface area is 174 Å². The van der Waals surface area contributed by atoms with Crippen molar-refractivity contribution in [3.05, 3.63) is 29.8 Å². The summed E-state index contributed by atoms with van der Waals surface area (Å²) in [6.07, 6.45) is -3.48. The molecular weight excluding hydrogens is 401 g/mol. The topological polar surface area (TPSA) is 38.8 Å². The minimum Gasteiger partial charge on any atom is -0.368 e. The number of hydrogen-bond acceptors (Lipinski definition) is 3. The Hall–Kier alpha value is -2.03. The van der Waals surface area contributed by atoms with Gasteiger partial charge in [0.25, 0.3) is 0 Å². The van der Waals surface area contributed by atoms with Crippen LogP contribution < -0.4 is 10.2 Å². The van der Waals surface area contributed by atoms with E-state index in [0.29, 0.717) is 37.0 Å². The zero-order valence-electron chi connectivity index (χ0n) is 16.9. The summed E-state index contributed by atoms with van der Waals surface area (Å²) >= 11 is 5.44. The number of thiocarbonyl (C=S) groups is 1. The Balaban J connectivity index is 1.57. The van der Waals surface area contributed by atoms with Crippen LogP contribution in [0.2, 0.25) is 0 Å². The second-order valence-corrected chi connectivity index (χ2v) is 8.80. The van der Waals surface area contributed by atoms with Crippen LogP contribution in [0, 0.1) is 0 Å². The molecule has 0 aromatic heterocycles. The van der Waals surface area contributed by atoms with Gasteiger partial charge in [-0.3, -0.25) is 4.79 Å². The molecule has 5 nitrogen and oxygen atoms in total. The van der Waals surface area contributed by atoms with Crippen LogP contribution in [-0.2, 0) is 11.0 Å². The summed E-state index contributed by atoms with van der Waals surface area (Å²) in [5, 5.41) is 3.86. The molecule has 0 spiro atoms. The van der Waals surface area contributed by atoms with Gasteiger partial charge in [0.15, 0.2) is 5.11 Å². The van der Waals surface area contributed by atoms with Crippen LogP contribution in [0.4, 0.5) is 18.9 Å². The van der Waals surface area contributed by atoms with Gasteiger partial charge in [-0.25, -0.2) is 0 Å². The normalized spacial score (nSPS) is 22.5. The molecule has 1 aromatic rings. The van der Waals surface area contributed by atoms with Gasteiger partial charge in [-0.1, -0.05) is 6.07 Å². The highest BCUT2D eigenvalue weighted by Crippen LogP contribution is 2.32. The monoisotopic (exact) mass is 428 g/mol. The molecular formula is C20H27F3N4OS. The molecule has 1 N–H and O–H groups in total. The Morgan fingerprint density at radius 1 is 1.24 bits per heavy atom. The number of nitrogens with one attached hydrogen (secondary N) is 1. The smallest absolute Gasteiger partial charge is 0.368 e. The van der Waals surface area contributed by atoms with E-state index in [-0.39, 0.29) is 24.0 Å². The number of carbonyl (C=O) groups excluding carboxylic acids is 1. The number of hydrogen-bond donors (Lipinski definition) is 1. The molecule has 1 atom stereocenters. The average molecular weight is 429 g/mol. The lowest BCUT2D eigenvalue weighted by Gasteiger charge is -2.45. The average Bonchev–Trinajstić information content (AvgIpc) is 2.63. The molecule has 1 unspecified atom stereocenters. The second-order valence-electron chi connectivity index (χ2n) is 8.41. The van der Waals surface area contributed by atoms with Crippen molar-refractivity contribution in [2.45, 2.75) is 44.9 Å². The van der Waals surface area contributed by atoms with E-state index in [0.717, 1.165) is 12.5 Å². The summed E-state index contributed by atoms with van der Waals surface area (Å²) in [4.78, 5) is 18.3. The van der Waals surface area contributed by atoms with Gasteiger partial charge in [0, 0.05) is 43.4 Å². The molecule has 160 valence electrons. The number of anilines is 1.